The first-order valence-corrected chi connectivity index (χ1v) is 15.8. The van der Waals surface area contributed by atoms with E-state index in [1.165, 1.54) is 36.0 Å². The van der Waals surface area contributed by atoms with E-state index in [9.17, 15) is 22.8 Å². The molecule has 0 aliphatic heterocycles. The maximum absolute atomic E-state index is 13.5. The van der Waals surface area contributed by atoms with Crippen molar-refractivity contribution in [2.45, 2.75) is 9.79 Å². The van der Waals surface area contributed by atoms with Crippen LogP contribution in [-0.4, -0.2) is 36.9 Å². The highest BCUT2D eigenvalue weighted by molar-refractivity contribution is 8.00. The summed E-state index contributed by atoms with van der Waals surface area (Å²) in [6.45, 7) is 0. The monoisotopic (exact) mass is 625 g/mol. The number of amides is 3. The third-order valence-electron chi connectivity index (χ3n) is 6.38. The minimum Gasteiger partial charge on any atom is -0.361 e. The summed E-state index contributed by atoms with van der Waals surface area (Å²) in [4.78, 5) is 42.8. The maximum Gasteiger partial charge on any atom is 0.272 e. The summed E-state index contributed by atoms with van der Waals surface area (Å²) in [5, 5.41) is 14.3. The number of fused-ring (bicyclic) bond motifs is 1. The smallest absolute Gasteiger partial charge is 0.272 e. The van der Waals surface area contributed by atoms with Gasteiger partial charge in [-0.3, -0.25) is 14.4 Å². The van der Waals surface area contributed by atoms with Crippen molar-refractivity contribution in [2.24, 2.45) is 5.14 Å². The van der Waals surface area contributed by atoms with E-state index in [0.29, 0.717) is 16.9 Å². The molecule has 5 rings (SSSR count). The Morgan fingerprint density at radius 3 is 2.30 bits per heavy atom. The highest BCUT2D eigenvalue weighted by atomic mass is 32.2. The predicted molar refractivity (Wildman–Crippen MR) is 172 cm³/mol. The first-order chi connectivity index (χ1) is 21.2. The van der Waals surface area contributed by atoms with Gasteiger partial charge < -0.3 is 20.9 Å². The zero-order valence-electron chi connectivity index (χ0n) is 23.1. The molecule has 0 unspecified atom stereocenters. The summed E-state index contributed by atoms with van der Waals surface area (Å²) in [5.41, 5.74) is 2.97. The average molecular weight is 626 g/mol. The molecule has 10 nitrogen and oxygen atoms in total. The molecular formula is C32H27N5O5S2. The first kappa shape index (κ1) is 30.3. The fraction of sp³-hybridized carbons (Fsp3) is 0.0312. The number of rotatable bonds is 10. The van der Waals surface area contributed by atoms with E-state index in [0.717, 1.165) is 21.4 Å². The van der Waals surface area contributed by atoms with Crippen LogP contribution in [0.4, 0.5) is 11.4 Å². The summed E-state index contributed by atoms with van der Waals surface area (Å²) >= 11 is 1.25. The number of nitrogens with one attached hydrogen (secondary N) is 4. The Kier molecular flexibility index (Phi) is 9.24. The van der Waals surface area contributed by atoms with Gasteiger partial charge in [-0.1, -0.05) is 42.5 Å². The third-order valence-corrected chi connectivity index (χ3v) is 8.30. The van der Waals surface area contributed by atoms with E-state index in [2.05, 4.69) is 20.9 Å². The molecular weight excluding hydrogens is 599 g/mol. The second-order valence-corrected chi connectivity index (χ2v) is 12.2. The van der Waals surface area contributed by atoms with Gasteiger partial charge in [0.15, 0.2) is 0 Å². The van der Waals surface area contributed by atoms with Crippen LogP contribution in [0.15, 0.2) is 125 Å². The second kappa shape index (κ2) is 13.4. The number of aromatic amines is 1. The molecule has 0 saturated carbocycles. The van der Waals surface area contributed by atoms with Gasteiger partial charge in [0.05, 0.1) is 10.6 Å². The summed E-state index contributed by atoms with van der Waals surface area (Å²) in [6.07, 6.45) is 3.39. The van der Waals surface area contributed by atoms with Gasteiger partial charge >= 0.3 is 0 Å². The van der Waals surface area contributed by atoms with Crippen LogP contribution in [0.2, 0.25) is 0 Å². The lowest BCUT2D eigenvalue weighted by atomic mass is 10.1. The van der Waals surface area contributed by atoms with Gasteiger partial charge in [-0.2, -0.15) is 0 Å². The number of benzene rings is 4. The predicted octanol–water partition coefficient (Wildman–Crippen LogP) is 4.96. The molecule has 12 heteroatoms. The number of sulfonamides is 1. The fourth-order valence-corrected chi connectivity index (χ4v) is 5.52. The van der Waals surface area contributed by atoms with Crippen molar-refractivity contribution in [3.63, 3.8) is 0 Å². The van der Waals surface area contributed by atoms with Crippen molar-refractivity contribution in [1.82, 2.24) is 10.3 Å². The summed E-state index contributed by atoms with van der Waals surface area (Å²) in [5.74, 6) is -1.20. The lowest BCUT2D eigenvalue weighted by Gasteiger charge is -2.12. The van der Waals surface area contributed by atoms with E-state index in [1.54, 1.807) is 66.9 Å². The molecule has 3 amide bonds. The number of nitrogens with two attached hydrogens (primary N) is 1. The van der Waals surface area contributed by atoms with Crippen molar-refractivity contribution in [1.29, 1.82) is 0 Å². The van der Waals surface area contributed by atoms with E-state index in [1.807, 2.05) is 24.3 Å². The van der Waals surface area contributed by atoms with Crippen LogP contribution in [0.25, 0.3) is 17.0 Å². The highest BCUT2D eigenvalue weighted by Gasteiger charge is 2.17. The Morgan fingerprint density at radius 1 is 0.818 bits per heavy atom. The van der Waals surface area contributed by atoms with Crippen LogP contribution in [-0.2, 0) is 19.6 Å². The minimum atomic E-state index is -3.83. The van der Waals surface area contributed by atoms with Crippen molar-refractivity contribution in [2.75, 3.05) is 16.4 Å². The molecule has 0 fully saturated rings. The third kappa shape index (κ3) is 7.81. The zero-order valence-corrected chi connectivity index (χ0v) is 24.7. The molecule has 44 heavy (non-hydrogen) atoms. The number of H-pyrrole nitrogens is 1. The molecule has 5 aromatic rings. The molecule has 0 aliphatic rings. The largest absolute Gasteiger partial charge is 0.361 e. The van der Waals surface area contributed by atoms with Crippen LogP contribution in [0, 0.1) is 0 Å². The Balaban J connectivity index is 1.28. The van der Waals surface area contributed by atoms with Gasteiger partial charge in [-0.05, 0) is 66.7 Å². The van der Waals surface area contributed by atoms with Crippen LogP contribution < -0.4 is 21.1 Å². The second-order valence-electron chi connectivity index (χ2n) is 9.56. The zero-order chi connectivity index (χ0) is 31.1. The molecule has 0 radical (unpaired) electrons. The number of primary sulfonamides is 1. The summed E-state index contributed by atoms with van der Waals surface area (Å²) in [6, 6.07) is 28.7. The number of carbonyl (C=O) groups is 3. The molecule has 4 aromatic carbocycles. The molecule has 0 aliphatic carbocycles. The number of aromatic nitrogens is 1. The van der Waals surface area contributed by atoms with E-state index < -0.39 is 21.8 Å². The molecule has 0 saturated heterocycles. The Bertz CT molecular complexity index is 1970. The molecule has 1 heterocycles. The molecule has 0 bridgehead atoms. The molecule has 0 atom stereocenters. The number of thioether (sulfide) groups is 1. The van der Waals surface area contributed by atoms with Crippen molar-refractivity contribution < 1.29 is 22.8 Å². The molecule has 222 valence electrons. The van der Waals surface area contributed by atoms with E-state index in [4.69, 9.17) is 5.14 Å². The van der Waals surface area contributed by atoms with Gasteiger partial charge in [0.2, 0.25) is 15.9 Å². The number of hydrogen-bond acceptors (Lipinski definition) is 6. The number of carbonyl (C=O) groups excluding carboxylic acids is 3. The molecule has 1 aromatic heterocycles. The number of para-hydroxylation sites is 1. The Hall–Kier alpha value is -5.17. The van der Waals surface area contributed by atoms with Gasteiger partial charge in [0.25, 0.3) is 11.8 Å². The van der Waals surface area contributed by atoms with Gasteiger partial charge in [0, 0.05) is 44.5 Å². The van der Waals surface area contributed by atoms with Crippen molar-refractivity contribution >= 4 is 67.9 Å². The van der Waals surface area contributed by atoms with E-state index >= 15 is 0 Å². The molecule has 6 N–H and O–H groups in total. The minimum absolute atomic E-state index is 0.0505. The first-order valence-electron chi connectivity index (χ1n) is 13.3. The van der Waals surface area contributed by atoms with E-state index in [-0.39, 0.29) is 22.3 Å². The van der Waals surface area contributed by atoms with Gasteiger partial charge in [0.1, 0.15) is 5.70 Å². The number of hydrogen-bond donors (Lipinski definition) is 5. The number of anilines is 2. The fourth-order valence-electron chi connectivity index (χ4n) is 4.25. The SMILES string of the molecule is NS(=O)(=O)c1ccc(NC(=O)CSc2cccc(NC(=O)/C(=C/c3c[nH]c4ccccc34)NC(=O)c3ccccc3)c2)cc1. The topological polar surface area (TPSA) is 163 Å². The van der Waals surface area contributed by atoms with Crippen LogP contribution >= 0.6 is 11.8 Å². The lowest BCUT2D eigenvalue weighted by molar-refractivity contribution is -0.114. The Labute approximate surface area is 257 Å². The molecule has 0 spiro atoms. The van der Waals surface area contributed by atoms with Crippen molar-refractivity contribution in [3.8, 4) is 0 Å². The van der Waals surface area contributed by atoms with Crippen LogP contribution in [0.1, 0.15) is 15.9 Å². The summed E-state index contributed by atoms with van der Waals surface area (Å²) in [7, 11) is -3.83. The van der Waals surface area contributed by atoms with Crippen LogP contribution in [0.3, 0.4) is 0 Å². The Morgan fingerprint density at radius 2 is 1.55 bits per heavy atom. The summed E-state index contributed by atoms with van der Waals surface area (Å²) < 4.78 is 22.8. The lowest BCUT2D eigenvalue weighted by Crippen LogP contribution is -2.30. The quantitative estimate of drug-likeness (QED) is 0.109. The van der Waals surface area contributed by atoms with Crippen LogP contribution in [0.5, 0.6) is 0 Å². The maximum atomic E-state index is 13.5. The average Bonchev–Trinajstić information content (AvgIpc) is 3.43. The van der Waals surface area contributed by atoms with Gasteiger partial charge in [-0.25, -0.2) is 13.6 Å². The normalized spacial score (nSPS) is 11.6. The van der Waals surface area contributed by atoms with Crippen molar-refractivity contribution in [3.05, 3.63) is 126 Å². The standard InChI is InChI=1S/C32H27N5O5S2/c33-44(41,42)26-15-13-23(14-16-26)35-30(38)20-43-25-10-6-9-24(18-25)36-32(40)29(37-31(39)21-7-2-1-3-8-21)17-22-19-34-28-12-5-4-11-27(22)28/h1-19,34H,20H2,(H,35,38)(H,36,40)(H,37,39)(H2,33,41,42)/b29-17-. The van der Waals surface area contributed by atoms with Gasteiger partial charge in [-0.15, -0.1) is 11.8 Å². The highest BCUT2D eigenvalue weighted by Crippen LogP contribution is 2.24.